The number of hydrogen-bond acceptors (Lipinski definition) is 4. The lowest BCUT2D eigenvalue weighted by Gasteiger charge is -2.40. The maximum absolute atomic E-state index is 11.9. The summed E-state index contributed by atoms with van der Waals surface area (Å²) in [7, 11) is 0. The van der Waals surface area contributed by atoms with Gasteiger partial charge in [-0.3, -0.25) is 10.1 Å². The van der Waals surface area contributed by atoms with Crippen LogP contribution >= 0.6 is 12.4 Å². The summed E-state index contributed by atoms with van der Waals surface area (Å²) in [5, 5.41) is 5.10. The molecule has 2 saturated heterocycles. The Morgan fingerprint density at radius 3 is 2.30 bits per heavy atom. The second-order valence-electron chi connectivity index (χ2n) is 6.65. The molecule has 1 atom stereocenters. The van der Waals surface area contributed by atoms with E-state index in [1.165, 1.54) is 0 Å². The molecule has 2 aliphatic heterocycles. The first kappa shape index (κ1) is 17.2. The maximum Gasteiger partial charge on any atom is 0.322 e. The summed E-state index contributed by atoms with van der Waals surface area (Å²) in [5.74, 6) is -0.00816. The predicted molar refractivity (Wildman–Crippen MR) is 79.8 cm³/mol. The number of imide groups is 1. The van der Waals surface area contributed by atoms with Crippen molar-refractivity contribution in [3.8, 4) is 0 Å². The van der Waals surface area contributed by atoms with E-state index in [-0.39, 0.29) is 35.8 Å². The van der Waals surface area contributed by atoms with Crippen LogP contribution in [0.4, 0.5) is 4.79 Å². The van der Waals surface area contributed by atoms with Gasteiger partial charge in [0.25, 0.3) is 5.91 Å². The van der Waals surface area contributed by atoms with Gasteiger partial charge in [-0.1, -0.05) is 0 Å². The Hall–Kier alpha value is -0.850. The Morgan fingerprint density at radius 2 is 1.90 bits per heavy atom. The highest BCUT2D eigenvalue weighted by Gasteiger charge is 2.48. The van der Waals surface area contributed by atoms with Crippen LogP contribution in [0.2, 0.25) is 0 Å². The van der Waals surface area contributed by atoms with Crippen LogP contribution in [0.3, 0.4) is 0 Å². The van der Waals surface area contributed by atoms with E-state index >= 15 is 0 Å². The van der Waals surface area contributed by atoms with Gasteiger partial charge in [0.05, 0.1) is 0 Å². The third-order valence-electron chi connectivity index (χ3n) is 4.11. The maximum atomic E-state index is 11.9. The van der Waals surface area contributed by atoms with Crippen LogP contribution in [0.1, 0.15) is 33.6 Å². The molecule has 2 heterocycles. The number of urea groups is 1. The molecule has 0 aliphatic carbocycles. The first-order valence-corrected chi connectivity index (χ1v) is 6.85. The molecule has 0 aromatic heterocycles. The average Bonchev–Trinajstić information content (AvgIpc) is 2.52. The molecular formula is C13H25ClN4O2. The van der Waals surface area contributed by atoms with Crippen molar-refractivity contribution in [2.75, 3.05) is 19.6 Å². The molecule has 7 heteroatoms. The fourth-order valence-electron chi connectivity index (χ4n) is 3.09. The summed E-state index contributed by atoms with van der Waals surface area (Å²) >= 11 is 0. The SMILES string of the molecule is CC(C)(N)CN1CCC(C2(C)NC(=O)NC2=O)CC1.Cl. The van der Waals surface area contributed by atoms with Gasteiger partial charge < -0.3 is 16.0 Å². The second-order valence-corrected chi connectivity index (χ2v) is 6.65. The van der Waals surface area contributed by atoms with E-state index < -0.39 is 5.54 Å². The number of nitrogens with two attached hydrogens (primary N) is 1. The molecule has 0 saturated carbocycles. The minimum absolute atomic E-state index is 0. The van der Waals surface area contributed by atoms with Gasteiger partial charge in [0.15, 0.2) is 0 Å². The van der Waals surface area contributed by atoms with Gasteiger partial charge in [-0.05, 0) is 52.6 Å². The van der Waals surface area contributed by atoms with Crippen molar-refractivity contribution in [1.29, 1.82) is 0 Å². The third-order valence-corrected chi connectivity index (χ3v) is 4.11. The van der Waals surface area contributed by atoms with Crippen LogP contribution in [-0.2, 0) is 4.79 Å². The number of carbonyl (C=O) groups is 2. The molecule has 0 radical (unpaired) electrons. The number of rotatable bonds is 3. The van der Waals surface area contributed by atoms with E-state index in [2.05, 4.69) is 15.5 Å². The molecule has 0 aromatic rings. The summed E-state index contributed by atoms with van der Waals surface area (Å²) in [4.78, 5) is 25.5. The first-order valence-electron chi connectivity index (χ1n) is 6.85. The summed E-state index contributed by atoms with van der Waals surface area (Å²) in [6, 6.07) is -0.377. The average molecular weight is 305 g/mol. The topological polar surface area (TPSA) is 87.5 Å². The van der Waals surface area contributed by atoms with Crippen molar-refractivity contribution in [2.24, 2.45) is 11.7 Å². The number of amides is 3. The Labute approximate surface area is 126 Å². The van der Waals surface area contributed by atoms with Crippen LogP contribution in [0.15, 0.2) is 0 Å². The lowest BCUT2D eigenvalue weighted by atomic mass is 9.79. The number of halogens is 1. The van der Waals surface area contributed by atoms with Crippen LogP contribution in [0.5, 0.6) is 0 Å². The number of piperidine rings is 1. The minimum atomic E-state index is -0.749. The fourth-order valence-corrected chi connectivity index (χ4v) is 3.09. The minimum Gasteiger partial charge on any atom is -0.324 e. The van der Waals surface area contributed by atoms with Crippen LogP contribution in [0.25, 0.3) is 0 Å². The monoisotopic (exact) mass is 304 g/mol. The van der Waals surface area contributed by atoms with E-state index in [0.29, 0.717) is 0 Å². The molecule has 1 unspecified atom stereocenters. The summed E-state index contributed by atoms with van der Waals surface area (Å²) in [5.41, 5.74) is 5.08. The number of likely N-dealkylation sites (tertiary alicyclic amines) is 1. The van der Waals surface area contributed by atoms with Gasteiger partial charge in [-0.25, -0.2) is 4.79 Å². The van der Waals surface area contributed by atoms with Crippen molar-refractivity contribution in [3.05, 3.63) is 0 Å². The highest BCUT2D eigenvalue weighted by atomic mass is 35.5. The lowest BCUT2D eigenvalue weighted by Crippen LogP contribution is -2.55. The van der Waals surface area contributed by atoms with E-state index in [9.17, 15) is 9.59 Å². The van der Waals surface area contributed by atoms with Crippen molar-refractivity contribution in [2.45, 2.75) is 44.7 Å². The van der Waals surface area contributed by atoms with E-state index in [1.807, 2.05) is 20.8 Å². The van der Waals surface area contributed by atoms with Crippen LogP contribution in [-0.4, -0.2) is 47.6 Å². The van der Waals surface area contributed by atoms with Crippen LogP contribution < -0.4 is 16.4 Å². The zero-order chi connectivity index (χ0) is 14.3. The van der Waals surface area contributed by atoms with Crippen molar-refractivity contribution >= 4 is 24.3 Å². The normalized spacial score (nSPS) is 28.8. The zero-order valence-corrected chi connectivity index (χ0v) is 13.2. The summed E-state index contributed by atoms with van der Waals surface area (Å²) in [6.45, 7) is 8.56. The number of nitrogens with zero attached hydrogens (tertiary/aromatic N) is 1. The fraction of sp³-hybridized carbons (Fsp3) is 0.846. The molecule has 2 fully saturated rings. The molecule has 2 aliphatic rings. The van der Waals surface area contributed by atoms with Crippen LogP contribution in [0, 0.1) is 5.92 Å². The second kappa shape index (κ2) is 5.87. The Balaban J connectivity index is 0.00000200. The summed E-state index contributed by atoms with van der Waals surface area (Å²) in [6.07, 6.45) is 1.81. The summed E-state index contributed by atoms with van der Waals surface area (Å²) < 4.78 is 0. The van der Waals surface area contributed by atoms with Crippen molar-refractivity contribution in [1.82, 2.24) is 15.5 Å². The van der Waals surface area contributed by atoms with Gasteiger partial charge in [-0.2, -0.15) is 0 Å². The van der Waals surface area contributed by atoms with Crippen molar-refractivity contribution < 1.29 is 9.59 Å². The predicted octanol–water partition coefficient (Wildman–Crippen LogP) is 0.456. The molecule has 3 amide bonds. The smallest absolute Gasteiger partial charge is 0.322 e. The zero-order valence-electron chi connectivity index (χ0n) is 12.4. The number of carbonyl (C=O) groups excluding carboxylic acids is 2. The first-order chi connectivity index (χ1) is 8.71. The molecule has 20 heavy (non-hydrogen) atoms. The largest absolute Gasteiger partial charge is 0.324 e. The third kappa shape index (κ3) is 3.62. The quantitative estimate of drug-likeness (QED) is 0.661. The molecule has 4 N–H and O–H groups in total. The van der Waals surface area contributed by atoms with Gasteiger partial charge in [-0.15, -0.1) is 12.4 Å². The van der Waals surface area contributed by atoms with Crippen molar-refractivity contribution in [3.63, 3.8) is 0 Å². The molecular weight excluding hydrogens is 280 g/mol. The van der Waals surface area contributed by atoms with E-state index in [0.717, 1.165) is 32.5 Å². The molecule has 0 spiro atoms. The Bertz CT molecular complexity index is 388. The van der Waals surface area contributed by atoms with E-state index in [4.69, 9.17) is 5.73 Å². The molecule has 2 rings (SSSR count). The molecule has 116 valence electrons. The standard InChI is InChI=1S/C13H24N4O2.ClH/c1-12(2,14)8-17-6-4-9(5-7-17)13(3)10(18)15-11(19)16-13;/h9H,4-8,14H2,1-3H3,(H2,15,16,18,19);1H. The van der Waals surface area contributed by atoms with E-state index in [1.54, 1.807) is 0 Å². The highest BCUT2D eigenvalue weighted by Crippen LogP contribution is 2.30. The molecule has 0 bridgehead atoms. The van der Waals surface area contributed by atoms with Gasteiger partial charge in [0.2, 0.25) is 0 Å². The van der Waals surface area contributed by atoms with Gasteiger partial charge >= 0.3 is 6.03 Å². The highest BCUT2D eigenvalue weighted by molar-refractivity contribution is 6.06. The molecule has 6 nitrogen and oxygen atoms in total. The van der Waals surface area contributed by atoms with Gasteiger partial charge in [0.1, 0.15) is 5.54 Å². The Kier molecular flexibility index (Phi) is 5.05. The van der Waals surface area contributed by atoms with Gasteiger partial charge in [0, 0.05) is 12.1 Å². The number of nitrogens with one attached hydrogen (secondary N) is 2. The lowest BCUT2D eigenvalue weighted by molar-refractivity contribution is -0.125. The molecule has 0 aromatic carbocycles. The Morgan fingerprint density at radius 1 is 1.35 bits per heavy atom. The number of hydrogen-bond donors (Lipinski definition) is 3.